The molecule has 1 unspecified atom stereocenters. The van der Waals surface area contributed by atoms with Gasteiger partial charge in [-0.25, -0.2) is 9.97 Å². The minimum absolute atomic E-state index is 0.539. The van der Waals surface area contributed by atoms with Crippen molar-refractivity contribution in [1.29, 1.82) is 0 Å². The zero-order chi connectivity index (χ0) is 38.9. The van der Waals surface area contributed by atoms with Crippen molar-refractivity contribution >= 4 is 21.4 Å². The molecule has 59 heavy (non-hydrogen) atoms. The molecular weight excluding hydrogens is 737 g/mol. The zero-order valence-corrected chi connectivity index (χ0v) is 32.7. The van der Waals surface area contributed by atoms with Gasteiger partial charge in [0.1, 0.15) is 11.5 Å². The number of hydrogen-bond donors (Lipinski definition) is 0. The Morgan fingerprint density at radius 3 is 1.69 bits per heavy atom. The predicted molar refractivity (Wildman–Crippen MR) is 242 cm³/mol. The van der Waals surface area contributed by atoms with Gasteiger partial charge in [0, 0.05) is 38.1 Å². The van der Waals surface area contributed by atoms with E-state index in [1.807, 2.05) is 23.5 Å². The van der Waals surface area contributed by atoms with Crippen LogP contribution < -0.4 is 4.74 Å². The van der Waals surface area contributed by atoms with E-state index in [0.717, 1.165) is 67.4 Å². The lowest BCUT2D eigenvalue weighted by atomic mass is 9.65. The summed E-state index contributed by atoms with van der Waals surface area (Å²) in [5.74, 6) is 2.48. The van der Waals surface area contributed by atoms with Crippen LogP contribution in [0.25, 0.3) is 77.4 Å². The van der Waals surface area contributed by atoms with Gasteiger partial charge in [0.15, 0.2) is 5.82 Å². The lowest BCUT2D eigenvalue weighted by molar-refractivity contribution is 0.436. The molecule has 2 aliphatic rings. The fourth-order valence-corrected chi connectivity index (χ4v) is 10.4. The summed E-state index contributed by atoms with van der Waals surface area (Å²) >= 11 is 1.83. The highest BCUT2D eigenvalue weighted by molar-refractivity contribution is 7.17. The summed E-state index contributed by atoms with van der Waals surface area (Å²) in [5, 5.41) is 3.49. The van der Waals surface area contributed by atoms with Crippen LogP contribution in [0.3, 0.4) is 0 Å². The molecule has 0 radical (unpaired) electrons. The maximum atomic E-state index is 6.77. The van der Waals surface area contributed by atoms with Crippen molar-refractivity contribution in [2.75, 3.05) is 0 Å². The molecular formula is C55H34N2OS. The molecule has 3 heterocycles. The van der Waals surface area contributed by atoms with E-state index >= 15 is 0 Å². The molecule has 3 nitrogen and oxygen atoms in total. The van der Waals surface area contributed by atoms with Crippen molar-refractivity contribution in [2.24, 2.45) is 0 Å². The average Bonchev–Trinajstić information content (AvgIpc) is 3.91. The summed E-state index contributed by atoms with van der Waals surface area (Å²) in [6.07, 6.45) is 0. The lowest BCUT2D eigenvalue weighted by Gasteiger charge is -2.39. The fraction of sp³-hybridized carbons (Fsp3) is 0.0182. The molecule has 0 saturated carbocycles. The van der Waals surface area contributed by atoms with Gasteiger partial charge in [0.05, 0.1) is 16.8 Å². The van der Waals surface area contributed by atoms with Crippen LogP contribution in [0.4, 0.5) is 0 Å². The highest BCUT2D eigenvalue weighted by Gasteiger charge is 2.51. The van der Waals surface area contributed by atoms with Gasteiger partial charge in [-0.1, -0.05) is 158 Å². The van der Waals surface area contributed by atoms with Crippen LogP contribution in [0.5, 0.6) is 11.5 Å². The monoisotopic (exact) mass is 770 g/mol. The Balaban J connectivity index is 0.988. The predicted octanol–water partition coefficient (Wildman–Crippen LogP) is 14.5. The maximum absolute atomic E-state index is 6.77. The van der Waals surface area contributed by atoms with Crippen molar-refractivity contribution in [3.8, 4) is 78.8 Å². The summed E-state index contributed by atoms with van der Waals surface area (Å²) in [6, 6.07) is 71.4. The molecule has 0 fully saturated rings. The van der Waals surface area contributed by atoms with Crippen LogP contribution in [0.2, 0.25) is 0 Å². The molecule has 1 aliphatic carbocycles. The Kier molecular flexibility index (Phi) is 7.62. The van der Waals surface area contributed by atoms with Gasteiger partial charge in [0.2, 0.25) is 0 Å². The Morgan fingerprint density at radius 1 is 0.390 bits per heavy atom. The van der Waals surface area contributed by atoms with Crippen molar-refractivity contribution < 1.29 is 4.74 Å². The van der Waals surface area contributed by atoms with Gasteiger partial charge >= 0.3 is 0 Å². The molecule has 0 N–H and O–H groups in total. The molecule has 4 heteroatoms. The number of aromatic nitrogens is 2. The van der Waals surface area contributed by atoms with Crippen molar-refractivity contribution in [3.05, 3.63) is 228 Å². The number of para-hydroxylation sites is 1. The summed E-state index contributed by atoms with van der Waals surface area (Å²) in [4.78, 5) is 10.2. The second-order valence-electron chi connectivity index (χ2n) is 15.3. The smallest absolute Gasteiger partial charge is 0.160 e. The van der Waals surface area contributed by atoms with Crippen molar-refractivity contribution in [1.82, 2.24) is 9.97 Å². The Hall–Kier alpha value is -7.40. The molecule has 0 bridgehead atoms. The number of benzene rings is 8. The Morgan fingerprint density at radius 2 is 0.966 bits per heavy atom. The third-order valence-corrected chi connectivity index (χ3v) is 13.0. The molecule has 0 saturated heterocycles. The molecule has 0 amide bonds. The van der Waals surface area contributed by atoms with Crippen molar-refractivity contribution in [2.45, 2.75) is 5.41 Å². The minimum atomic E-state index is -0.539. The van der Waals surface area contributed by atoms with Gasteiger partial charge in [-0.15, -0.1) is 11.3 Å². The van der Waals surface area contributed by atoms with Crippen LogP contribution in [0.15, 0.2) is 206 Å². The summed E-state index contributed by atoms with van der Waals surface area (Å²) in [7, 11) is 0. The van der Waals surface area contributed by atoms with Gasteiger partial charge in [-0.2, -0.15) is 0 Å². The van der Waals surface area contributed by atoms with Gasteiger partial charge in [-0.3, -0.25) is 0 Å². The van der Waals surface area contributed by atoms with Crippen LogP contribution in [0, 0.1) is 0 Å². The highest BCUT2D eigenvalue weighted by Crippen LogP contribution is 2.63. The number of hydrogen-bond acceptors (Lipinski definition) is 4. The number of thiophene rings is 1. The average molecular weight is 771 g/mol. The van der Waals surface area contributed by atoms with Crippen LogP contribution in [-0.4, -0.2) is 9.97 Å². The molecule has 276 valence electrons. The fourth-order valence-electron chi connectivity index (χ4n) is 9.39. The second-order valence-corrected chi connectivity index (χ2v) is 16.2. The molecule has 12 rings (SSSR count). The van der Waals surface area contributed by atoms with Gasteiger partial charge in [0.25, 0.3) is 0 Å². The first-order chi connectivity index (χ1) is 29.2. The van der Waals surface area contributed by atoms with Crippen LogP contribution >= 0.6 is 11.3 Å². The first kappa shape index (κ1) is 33.7. The summed E-state index contributed by atoms with van der Waals surface area (Å²) in [6.45, 7) is 0. The van der Waals surface area contributed by atoms with E-state index in [2.05, 4.69) is 193 Å². The molecule has 1 atom stereocenters. The molecule has 1 aliphatic heterocycles. The van der Waals surface area contributed by atoms with E-state index in [9.17, 15) is 0 Å². The number of fused-ring (bicyclic) bond motifs is 11. The molecule has 10 aromatic rings. The topological polar surface area (TPSA) is 35.0 Å². The molecule has 2 aromatic heterocycles. The standard InChI is InChI=1S/C55H34N2OS/c1-3-13-35(14-4-1)48-34-49(36-15-5-2-6-16-36)57-54(56-48)42-20-12-19-40(32-42)38-17-11-18-39(31-38)41-26-28-51-47(33-41)55(45-23-9-10-24-50(45)58-51)44-22-8-7-21-43(44)52-46(55)27-25-37-29-30-59-53(37)52/h1-34H. The second kappa shape index (κ2) is 13.3. The molecule has 8 aromatic carbocycles. The summed E-state index contributed by atoms with van der Waals surface area (Å²) < 4.78 is 8.10. The summed E-state index contributed by atoms with van der Waals surface area (Å²) in [5.41, 5.74) is 16.4. The first-order valence-electron chi connectivity index (χ1n) is 20.0. The Labute approximate surface area is 346 Å². The highest BCUT2D eigenvalue weighted by atomic mass is 32.1. The third-order valence-electron chi connectivity index (χ3n) is 12.0. The maximum Gasteiger partial charge on any atom is 0.160 e. The van der Waals surface area contributed by atoms with E-state index in [1.165, 1.54) is 37.9 Å². The van der Waals surface area contributed by atoms with Crippen LogP contribution in [0.1, 0.15) is 22.3 Å². The SMILES string of the molecule is c1ccc(-c2cc(-c3ccccc3)nc(-c3cccc(-c4cccc(-c5ccc6c(c5)C5(c7ccccc7O6)c6ccccc6-c6c5ccc5ccsc65)c4)c3)n2)cc1. The van der Waals surface area contributed by atoms with E-state index in [4.69, 9.17) is 14.7 Å². The van der Waals surface area contributed by atoms with Crippen molar-refractivity contribution in [3.63, 3.8) is 0 Å². The van der Waals surface area contributed by atoms with Crippen LogP contribution in [-0.2, 0) is 5.41 Å². The Bertz CT molecular complexity index is 3200. The van der Waals surface area contributed by atoms with E-state index in [0.29, 0.717) is 5.82 Å². The number of rotatable bonds is 5. The number of nitrogens with zero attached hydrogens (tertiary/aromatic N) is 2. The van der Waals surface area contributed by atoms with E-state index in [-0.39, 0.29) is 0 Å². The molecule has 1 spiro atoms. The third kappa shape index (κ3) is 5.27. The van der Waals surface area contributed by atoms with E-state index in [1.54, 1.807) is 0 Å². The quantitative estimate of drug-likeness (QED) is 0.175. The minimum Gasteiger partial charge on any atom is -0.457 e. The normalized spacial score (nSPS) is 14.6. The zero-order valence-electron chi connectivity index (χ0n) is 31.8. The lowest BCUT2D eigenvalue weighted by Crippen LogP contribution is -2.32. The van der Waals surface area contributed by atoms with Gasteiger partial charge in [-0.05, 0) is 92.2 Å². The largest absolute Gasteiger partial charge is 0.457 e. The van der Waals surface area contributed by atoms with Gasteiger partial charge < -0.3 is 4.74 Å². The first-order valence-corrected chi connectivity index (χ1v) is 20.8. The van der Waals surface area contributed by atoms with E-state index < -0.39 is 5.41 Å². The number of ether oxygens (including phenoxy) is 1.